The van der Waals surface area contributed by atoms with Crippen LogP contribution in [0, 0.1) is 11.8 Å². The minimum atomic E-state index is 0.201. The van der Waals surface area contributed by atoms with E-state index in [4.69, 9.17) is 0 Å². The highest BCUT2D eigenvalue weighted by Crippen LogP contribution is 2.28. The molecule has 1 amide bonds. The van der Waals surface area contributed by atoms with E-state index in [1.54, 1.807) is 9.80 Å². The second-order valence-corrected chi connectivity index (χ2v) is 9.16. The molecule has 2 bridgehead atoms. The number of benzene rings is 1. The van der Waals surface area contributed by atoms with Gasteiger partial charge in [-0.1, -0.05) is 35.5 Å². The lowest BCUT2D eigenvalue weighted by Crippen LogP contribution is -3.20. The number of hydrogen-bond donors (Lipinski definition) is 2. The van der Waals surface area contributed by atoms with Crippen molar-refractivity contribution in [1.29, 1.82) is 0 Å². The molecule has 0 saturated carbocycles. The Morgan fingerprint density at radius 1 is 1.28 bits per heavy atom. The summed E-state index contributed by atoms with van der Waals surface area (Å²) in [4.78, 5) is 17.2. The normalized spacial score (nSPS) is 27.0. The summed E-state index contributed by atoms with van der Waals surface area (Å²) in [6.07, 6.45) is 4.40. The van der Waals surface area contributed by atoms with E-state index in [1.165, 1.54) is 23.4 Å². The predicted octanol–water partition coefficient (Wildman–Crippen LogP) is -1.13. The van der Waals surface area contributed by atoms with Crippen LogP contribution in [0.5, 0.6) is 0 Å². The molecule has 5 rings (SSSR count). The molecule has 1 aromatic carbocycles. The highest BCUT2D eigenvalue weighted by molar-refractivity contribution is 5.78. The molecule has 3 saturated heterocycles. The summed E-state index contributed by atoms with van der Waals surface area (Å²) >= 11 is 0. The topological polar surface area (TPSA) is 59.9 Å². The Morgan fingerprint density at radius 3 is 2.76 bits per heavy atom. The minimum absolute atomic E-state index is 0.201. The van der Waals surface area contributed by atoms with E-state index in [1.807, 2.05) is 18.8 Å². The Labute approximate surface area is 173 Å². The zero-order valence-corrected chi connectivity index (χ0v) is 17.8. The second-order valence-electron chi connectivity index (χ2n) is 9.16. The number of hydrogen-bond acceptors (Lipinski definition) is 3. The SMILES string of the molecule is CN(C)C(=O)[C@H]1C[NH+]2CC[C@@H]1C[C@@H]2Cn1cc(C[NH+](C)Cc2ccccc2)nn1. The van der Waals surface area contributed by atoms with Gasteiger partial charge in [0, 0.05) is 32.5 Å². The monoisotopic (exact) mass is 398 g/mol. The molecule has 2 N–H and O–H groups in total. The molecule has 3 fully saturated rings. The first-order chi connectivity index (χ1) is 14.0. The molecule has 2 aromatic rings. The molecular weight excluding hydrogens is 364 g/mol. The molecule has 7 nitrogen and oxygen atoms in total. The van der Waals surface area contributed by atoms with Gasteiger partial charge in [0.1, 0.15) is 24.8 Å². The van der Waals surface area contributed by atoms with Gasteiger partial charge in [0.15, 0.2) is 0 Å². The Balaban J connectivity index is 1.31. The van der Waals surface area contributed by atoms with E-state index in [0.29, 0.717) is 17.9 Å². The van der Waals surface area contributed by atoms with Gasteiger partial charge in [0.2, 0.25) is 5.91 Å². The first-order valence-corrected chi connectivity index (χ1v) is 10.8. The standard InChI is InChI=1S/C22H32N6O/c1-25(2)22(29)21-16-27-10-9-18(21)11-20(27)15-28-14-19(23-24-28)13-26(3)12-17-7-5-4-6-8-17/h4-8,14,18,20-21H,9-13,15-16H2,1-3H3/p+2/t18-,20-,21+/m1/s1. The third-order valence-corrected chi connectivity index (χ3v) is 6.64. The van der Waals surface area contributed by atoms with Crippen LogP contribution in [0.25, 0.3) is 0 Å². The molecule has 0 radical (unpaired) electrons. The number of amides is 1. The number of nitrogens with one attached hydrogen (secondary N) is 2. The fraction of sp³-hybridized carbons (Fsp3) is 0.591. The third-order valence-electron chi connectivity index (χ3n) is 6.64. The Bertz CT molecular complexity index is 820. The van der Waals surface area contributed by atoms with Gasteiger partial charge in [0.25, 0.3) is 0 Å². The van der Waals surface area contributed by atoms with E-state index in [-0.39, 0.29) is 5.92 Å². The zero-order chi connectivity index (χ0) is 20.4. The van der Waals surface area contributed by atoms with E-state index < -0.39 is 0 Å². The lowest BCUT2D eigenvalue weighted by atomic mass is 9.75. The van der Waals surface area contributed by atoms with Gasteiger partial charge in [-0.05, 0) is 5.92 Å². The molecular formula is C22H34N6O+2. The van der Waals surface area contributed by atoms with E-state index in [2.05, 4.69) is 53.9 Å². The van der Waals surface area contributed by atoms with Gasteiger partial charge >= 0.3 is 0 Å². The summed E-state index contributed by atoms with van der Waals surface area (Å²) < 4.78 is 2.02. The molecule has 29 heavy (non-hydrogen) atoms. The maximum Gasteiger partial charge on any atom is 0.231 e. The van der Waals surface area contributed by atoms with Crippen molar-refractivity contribution in [3.8, 4) is 0 Å². The molecule has 156 valence electrons. The molecule has 7 heteroatoms. The van der Waals surface area contributed by atoms with Crippen molar-refractivity contribution in [2.24, 2.45) is 11.8 Å². The number of nitrogens with zero attached hydrogens (tertiary/aromatic N) is 4. The first kappa shape index (κ1) is 20.0. The number of fused-ring (bicyclic) bond motifs is 3. The Morgan fingerprint density at radius 2 is 2.07 bits per heavy atom. The number of quaternary nitrogens is 2. The molecule has 5 atom stereocenters. The van der Waals surface area contributed by atoms with Crippen LogP contribution in [0.2, 0.25) is 0 Å². The summed E-state index contributed by atoms with van der Waals surface area (Å²) in [5.41, 5.74) is 2.39. The lowest BCUT2D eigenvalue weighted by Gasteiger charge is -2.46. The molecule has 3 aliphatic rings. The largest absolute Gasteiger partial charge is 0.348 e. The highest BCUT2D eigenvalue weighted by Gasteiger charge is 2.47. The van der Waals surface area contributed by atoms with E-state index in [0.717, 1.165) is 38.3 Å². The zero-order valence-electron chi connectivity index (χ0n) is 17.8. The van der Waals surface area contributed by atoms with Gasteiger partial charge in [-0.3, -0.25) is 4.79 Å². The molecule has 4 heterocycles. The van der Waals surface area contributed by atoms with Crippen LogP contribution in [-0.4, -0.2) is 66.1 Å². The Kier molecular flexibility index (Phi) is 5.96. The lowest BCUT2D eigenvalue weighted by molar-refractivity contribution is -0.945. The summed E-state index contributed by atoms with van der Waals surface area (Å²) in [7, 11) is 5.95. The van der Waals surface area contributed by atoms with Crippen molar-refractivity contribution < 1.29 is 14.6 Å². The quantitative estimate of drug-likeness (QED) is 0.621. The average molecular weight is 399 g/mol. The summed E-state index contributed by atoms with van der Waals surface area (Å²) in [6, 6.07) is 11.1. The predicted molar refractivity (Wildman–Crippen MR) is 110 cm³/mol. The van der Waals surface area contributed by atoms with Crippen molar-refractivity contribution in [1.82, 2.24) is 19.9 Å². The smallest absolute Gasteiger partial charge is 0.231 e. The molecule has 1 aromatic heterocycles. The average Bonchev–Trinajstić information content (AvgIpc) is 3.15. The van der Waals surface area contributed by atoms with Gasteiger partial charge in [0.05, 0.1) is 38.8 Å². The molecule has 2 unspecified atom stereocenters. The summed E-state index contributed by atoms with van der Waals surface area (Å²) in [5.74, 6) is 1.03. The van der Waals surface area contributed by atoms with Crippen LogP contribution in [-0.2, 0) is 24.4 Å². The number of aromatic nitrogens is 3. The van der Waals surface area contributed by atoms with Crippen LogP contribution < -0.4 is 9.80 Å². The maximum absolute atomic E-state index is 12.5. The molecule has 0 spiro atoms. The van der Waals surface area contributed by atoms with E-state index in [9.17, 15) is 4.79 Å². The van der Waals surface area contributed by atoms with Crippen LogP contribution in [0.3, 0.4) is 0 Å². The van der Waals surface area contributed by atoms with Crippen molar-refractivity contribution in [2.75, 3.05) is 34.2 Å². The van der Waals surface area contributed by atoms with Crippen LogP contribution in [0.4, 0.5) is 0 Å². The van der Waals surface area contributed by atoms with Gasteiger partial charge < -0.3 is 14.7 Å². The number of rotatable bonds is 7. The number of carbonyl (C=O) groups is 1. The summed E-state index contributed by atoms with van der Waals surface area (Å²) in [5, 5.41) is 8.81. The fourth-order valence-electron chi connectivity index (χ4n) is 5.18. The Hall–Kier alpha value is -2.25. The number of piperidine rings is 3. The first-order valence-electron chi connectivity index (χ1n) is 10.8. The van der Waals surface area contributed by atoms with Crippen molar-refractivity contribution in [3.63, 3.8) is 0 Å². The van der Waals surface area contributed by atoms with Gasteiger partial charge in [-0.2, -0.15) is 0 Å². The van der Waals surface area contributed by atoms with Gasteiger partial charge in [-0.25, -0.2) is 4.68 Å². The maximum atomic E-state index is 12.5. The fourth-order valence-corrected chi connectivity index (χ4v) is 5.18. The highest BCUT2D eigenvalue weighted by atomic mass is 16.2. The van der Waals surface area contributed by atoms with Gasteiger partial charge in [-0.15, -0.1) is 5.10 Å². The van der Waals surface area contributed by atoms with Crippen molar-refractivity contribution in [3.05, 3.63) is 47.8 Å². The van der Waals surface area contributed by atoms with Crippen LogP contribution in [0.1, 0.15) is 24.1 Å². The third kappa shape index (κ3) is 4.67. The van der Waals surface area contributed by atoms with Crippen LogP contribution >= 0.6 is 0 Å². The van der Waals surface area contributed by atoms with E-state index >= 15 is 0 Å². The van der Waals surface area contributed by atoms with Crippen molar-refractivity contribution >= 4 is 5.91 Å². The van der Waals surface area contributed by atoms with Crippen molar-refractivity contribution in [2.45, 2.75) is 38.5 Å². The van der Waals surface area contributed by atoms with Crippen LogP contribution in [0.15, 0.2) is 36.5 Å². The molecule has 3 aliphatic heterocycles. The second kappa shape index (κ2) is 8.63. The number of carbonyl (C=O) groups excluding carboxylic acids is 1. The summed E-state index contributed by atoms with van der Waals surface area (Å²) in [6.45, 7) is 4.91. The molecule has 0 aliphatic carbocycles. The minimum Gasteiger partial charge on any atom is -0.348 e.